The van der Waals surface area contributed by atoms with Gasteiger partial charge in [0.2, 0.25) is 0 Å². The third-order valence-corrected chi connectivity index (χ3v) is 4.11. The first kappa shape index (κ1) is 15.6. The van der Waals surface area contributed by atoms with Gasteiger partial charge in [-0.15, -0.1) is 0 Å². The maximum Gasteiger partial charge on any atom is 0.258 e. The second-order valence-electron chi connectivity index (χ2n) is 4.86. The first-order valence-electron chi connectivity index (χ1n) is 6.92. The molecule has 3 aromatic rings. The van der Waals surface area contributed by atoms with Crippen molar-refractivity contribution in [2.75, 3.05) is 17.7 Å². The van der Waals surface area contributed by atoms with E-state index in [0.29, 0.717) is 21.2 Å². The molecule has 23 heavy (non-hydrogen) atoms. The van der Waals surface area contributed by atoms with Crippen molar-refractivity contribution in [3.8, 4) is 0 Å². The number of benzene rings is 2. The Hall–Kier alpha value is -2.30. The molecule has 0 aliphatic rings. The third kappa shape index (κ3) is 2.96. The van der Waals surface area contributed by atoms with Crippen LogP contribution in [0.5, 0.6) is 0 Å². The summed E-state index contributed by atoms with van der Waals surface area (Å²) in [7, 11) is 1.84. The number of anilines is 2. The van der Waals surface area contributed by atoms with E-state index in [0.717, 1.165) is 11.1 Å². The minimum absolute atomic E-state index is 0.248. The second-order valence-corrected chi connectivity index (χ2v) is 5.68. The molecule has 0 spiro atoms. The van der Waals surface area contributed by atoms with Crippen LogP contribution >= 0.6 is 23.2 Å². The summed E-state index contributed by atoms with van der Waals surface area (Å²) < 4.78 is 0. The molecule has 116 valence electrons. The van der Waals surface area contributed by atoms with Crippen LogP contribution in [-0.2, 0) is 0 Å². The van der Waals surface area contributed by atoms with Crippen molar-refractivity contribution in [3.05, 3.63) is 64.3 Å². The van der Waals surface area contributed by atoms with E-state index in [-0.39, 0.29) is 11.5 Å². The number of hydrogen-bond donors (Lipinski definition) is 2. The molecule has 0 aliphatic heterocycles. The van der Waals surface area contributed by atoms with Crippen molar-refractivity contribution < 1.29 is 4.79 Å². The zero-order valence-corrected chi connectivity index (χ0v) is 13.7. The van der Waals surface area contributed by atoms with Gasteiger partial charge in [0.05, 0.1) is 26.8 Å². The molecular weight excluding hydrogens is 333 g/mol. The number of aromatic nitrogens is 1. The number of para-hydroxylation sites is 1. The molecule has 1 heterocycles. The molecule has 0 unspecified atom stereocenters. The Morgan fingerprint density at radius 1 is 1.00 bits per heavy atom. The molecule has 0 atom stereocenters. The highest BCUT2D eigenvalue weighted by molar-refractivity contribution is 6.40. The van der Waals surface area contributed by atoms with Gasteiger partial charge in [0.1, 0.15) is 0 Å². The largest absolute Gasteiger partial charge is 0.388 e. The number of nitrogens with zero attached hydrogens (tertiary/aromatic N) is 1. The van der Waals surface area contributed by atoms with Gasteiger partial charge < -0.3 is 10.6 Å². The Kier molecular flexibility index (Phi) is 4.37. The van der Waals surface area contributed by atoms with Gasteiger partial charge in [-0.2, -0.15) is 0 Å². The highest BCUT2D eigenvalue weighted by atomic mass is 35.5. The molecule has 0 fully saturated rings. The summed E-state index contributed by atoms with van der Waals surface area (Å²) in [6.07, 6.45) is 1.69. The molecule has 0 aliphatic carbocycles. The average molecular weight is 346 g/mol. The lowest BCUT2D eigenvalue weighted by atomic mass is 10.1. The predicted octanol–water partition coefficient (Wildman–Crippen LogP) is 4.84. The van der Waals surface area contributed by atoms with Crippen LogP contribution in [0.1, 0.15) is 10.4 Å². The minimum atomic E-state index is -0.371. The fourth-order valence-electron chi connectivity index (χ4n) is 2.39. The molecular formula is C17H13Cl2N3O. The van der Waals surface area contributed by atoms with Gasteiger partial charge in [0.25, 0.3) is 5.91 Å². The lowest BCUT2D eigenvalue weighted by Crippen LogP contribution is -2.13. The minimum Gasteiger partial charge on any atom is -0.388 e. The predicted molar refractivity (Wildman–Crippen MR) is 95.7 cm³/mol. The summed E-state index contributed by atoms with van der Waals surface area (Å²) >= 11 is 12.2. The Balaban J connectivity index is 2.04. The highest BCUT2D eigenvalue weighted by Crippen LogP contribution is 2.29. The molecule has 1 aromatic heterocycles. The molecule has 3 rings (SSSR count). The number of amides is 1. The number of nitrogens with one attached hydrogen (secondary N) is 2. The number of halogens is 2. The number of carbonyl (C=O) groups excluding carboxylic acids is 1. The SMILES string of the molecule is CNc1ccnc2c(NC(=O)c3c(Cl)cccc3Cl)cccc12. The van der Waals surface area contributed by atoms with E-state index in [1.54, 1.807) is 30.5 Å². The van der Waals surface area contributed by atoms with Crippen LogP contribution in [0, 0.1) is 0 Å². The number of carbonyl (C=O) groups is 1. The fraction of sp³-hybridized carbons (Fsp3) is 0.0588. The highest BCUT2D eigenvalue weighted by Gasteiger charge is 2.16. The average Bonchev–Trinajstić information content (AvgIpc) is 2.54. The second kappa shape index (κ2) is 6.44. The van der Waals surface area contributed by atoms with Crippen molar-refractivity contribution in [2.45, 2.75) is 0 Å². The van der Waals surface area contributed by atoms with E-state index in [1.807, 2.05) is 25.2 Å². The van der Waals surface area contributed by atoms with Crippen LogP contribution in [0.3, 0.4) is 0 Å². The van der Waals surface area contributed by atoms with Gasteiger partial charge in [0, 0.05) is 24.3 Å². The van der Waals surface area contributed by atoms with Crippen molar-refractivity contribution in [1.29, 1.82) is 0 Å². The van der Waals surface area contributed by atoms with E-state index < -0.39 is 0 Å². The zero-order valence-electron chi connectivity index (χ0n) is 12.2. The van der Waals surface area contributed by atoms with Gasteiger partial charge >= 0.3 is 0 Å². The Labute approximate surface area is 143 Å². The molecule has 0 bridgehead atoms. The number of hydrogen-bond acceptors (Lipinski definition) is 3. The van der Waals surface area contributed by atoms with E-state index in [2.05, 4.69) is 15.6 Å². The standard InChI is InChI=1S/C17H13Cl2N3O/c1-20-13-8-9-21-16-10(13)4-2-7-14(16)22-17(23)15-11(18)5-3-6-12(15)19/h2-9H,1H3,(H,20,21)(H,22,23). The lowest BCUT2D eigenvalue weighted by Gasteiger charge is -2.12. The van der Waals surface area contributed by atoms with Crippen LogP contribution in [0.15, 0.2) is 48.7 Å². The maximum atomic E-state index is 12.5. The van der Waals surface area contributed by atoms with Gasteiger partial charge in [-0.1, -0.05) is 41.4 Å². The Morgan fingerprint density at radius 2 is 1.70 bits per heavy atom. The Bertz CT molecular complexity index is 876. The lowest BCUT2D eigenvalue weighted by molar-refractivity contribution is 0.102. The molecule has 0 radical (unpaired) electrons. The van der Waals surface area contributed by atoms with Gasteiger partial charge in [-0.25, -0.2) is 0 Å². The number of fused-ring (bicyclic) bond motifs is 1. The van der Waals surface area contributed by atoms with Crippen LogP contribution in [-0.4, -0.2) is 17.9 Å². The quantitative estimate of drug-likeness (QED) is 0.714. The smallest absolute Gasteiger partial charge is 0.258 e. The molecule has 0 saturated carbocycles. The van der Waals surface area contributed by atoms with E-state index in [9.17, 15) is 4.79 Å². The summed E-state index contributed by atoms with van der Waals surface area (Å²) in [5.41, 5.74) is 2.47. The normalized spacial score (nSPS) is 10.6. The van der Waals surface area contributed by atoms with Gasteiger partial charge in [-0.05, 0) is 24.3 Å². The zero-order chi connectivity index (χ0) is 16.4. The summed E-state index contributed by atoms with van der Waals surface area (Å²) in [5, 5.41) is 7.47. The summed E-state index contributed by atoms with van der Waals surface area (Å²) in [5.74, 6) is -0.371. The molecule has 0 saturated heterocycles. The molecule has 4 nitrogen and oxygen atoms in total. The van der Waals surface area contributed by atoms with Gasteiger partial charge in [-0.3, -0.25) is 9.78 Å². The van der Waals surface area contributed by atoms with E-state index >= 15 is 0 Å². The number of rotatable bonds is 3. The van der Waals surface area contributed by atoms with Crippen molar-refractivity contribution in [1.82, 2.24) is 4.98 Å². The van der Waals surface area contributed by atoms with E-state index in [1.165, 1.54) is 0 Å². The monoisotopic (exact) mass is 345 g/mol. The Morgan fingerprint density at radius 3 is 2.39 bits per heavy atom. The first-order valence-corrected chi connectivity index (χ1v) is 7.68. The number of pyridine rings is 1. The van der Waals surface area contributed by atoms with Crippen molar-refractivity contribution >= 4 is 51.4 Å². The van der Waals surface area contributed by atoms with Crippen molar-refractivity contribution in [3.63, 3.8) is 0 Å². The summed E-state index contributed by atoms with van der Waals surface area (Å²) in [6.45, 7) is 0. The molecule has 2 N–H and O–H groups in total. The first-order chi connectivity index (χ1) is 11.1. The van der Waals surface area contributed by atoms with Crippen LogP contribution in [0.25, 0.3) is 10.9 Å². The van der Waals surface area contributed by atoms with Gasteiger partial charge in [0.15, 0.2) is 0 Å². The topological polar surface area (TPSA) is 54.0 Å². The van der Waals surface area contributed by atoms with E-state index in [4.69, 9.17) is 23.2 Å². The fourth-order valence-corrected chi connectivity index (χ4v) is 2.96. The van der Waals surface area contributed by atoms with Crippen molar-refractivity contribution in [2.24, 2.45) is 0 Å². The van der Waals surface area contributed by atoms with Crippen LogP contribution in [0.2, 0.25) is 10.0 Å². The maximum absolute atomic E-state index is 12.5. The molecule has 2 aromatic carbocycles. The van der Waals surface area contributed by atoms with Crippen LogP contribution in [0.4, 0.5) is 11.4 Å². The summed E-state index contributed by atoms with van der Waals surface area (Å²) in [6, 6.07) is 12.4. The van der Waals surface area contributed by atoms with Crippen LogP contribution < -0.4 is 10.6 Å². The summed E-state index contributed by atoms with van der Waals surface area (Å²) in [4.78, 5) is 16.9. The molecule has 6 heteroatoms. The molecule has 1 amide bonds. The third-order valence-electron chi connectivity index (χ3n) is 3.48.